The van der Waals surface area contributed by atoms with Crippen LogP contribution < -0.4 is 25.3 Å². The smallest absolute Gasteiger partial charge is 0.229 e. The summed E-state index contributed by atoms with van der Waals surface area (Å²) in [5.74, 6) is 1.84. The average Bonchev–Trinajstić information content (AvgIpc) is 4.22. The molecule has 3 amide bonds. The summed E-state index contributed by atoms with van der Waals surface area (Å²) in [4.78, 5) is 73.3. The molecule has 0 radical (unpaired) electrons. The van der Waals surface area contributed by atoms with E-state index in [2.05, 4.69) is 69.6 Å². The molecule has 5 saturated heterocycles. The highest BCUT2D eigenvalue weighted by atomic mass is 35.5. The summed E-state index contributed by atoms with van der Waals surface area (Å²) in [6.45, 7) is 12.4. The molecule has 18 heteroatoms. The van der Waals surface area contributed by atoms with Crippen molar-refractivity contribution in [1.29, 1.82) is 0 Å². The molecule has 362 valence electrons. The highest BCUT2D eigenvalue weighted by Gasteiger charge is 2.52. The van der Waals surface area contributed by atoms with Gasteiger partial charge in [0.2, 0.25) is 29.6 Å². The number of rotatable bonds is 10. The van der Waals surface area contributed by atoms with E-state index in [0.29, 0.717) is 77.5 Å². The highest BCUT2D eigenvalue weighted by Crippen LogP contribution is 2.42. The second-order valence-electron chi connectivity index (χ2n) is 18.1. The number of carbonyl (C=O) groups excluding carboxylic acids is 3. The van der Waals surface area contributed by atoms with Crippen LogP contribution in [0, 0.1) is 5.41 Å². The fourth-order valence-electron chi connectivity index (χ4n) is 9.88. The number of hydrogen-bond donors (Lipinski definition) is 2. The molecule has 0 bridgehead atoms. The zero-order valence-electron chi connectivity index (χ0n) is 39.7. The molecule has 0 aliphatic carbocycles. The fourth-order valence-corrected chi connectivity index (χ4v) is 10.3. The molecule has 5 aliphatic rings. The molecular weight excluding hydrogens is 926 g/mol. The number of halogens is 2. The number of pyridine rings is 2. The van der Waals surface area contributed by atoms with E-state index in [1.165, 1.54) is 25.9 Å². The second kappa shape index (κ2) is 21.5. The maximum absolute atomic E-state index is 12.8. The minimum atomic E-state index is -0.172. The first kappa shape index (κ1) is 48.3. The zero-order chi connectivity index (χ0) is 48.8. The summed E-state index contributed by atoms with van der Waals surface area (Å²) >= 11 is 13.0. The van der Waals surface area contributed by atoms with E-state index >= 15 is 0 Å². The Labute approximate surface area is 418 Å². The van der Waals surface area contributed by atoms with Gasteiger partial charge in [0.25, 0.3) is 0 Å². The van der Waals surface area contributed by atoms with Gasteiger partial charge in [-0.3, -0.25) is 29.3 Å². The van der Waals surface area contributed by atoms with E-state index < -0.39 is 0 Å². The van der Waals surface area contributed by atoms with Crippen molar-refractivity contribution in [2.75, 3.05) is 77.7 Å². The fraction of sp³-hybridized carbons (Fsp3) is 0.365. The van der Waals surface area contributed by atoms with Crippen molar-refractivity contribution in [3.63, 3.8) is 0 Å². The van der Waals surface area contributed by atoms with Crippen LogP contribution in [0.15, 0.2) is 104 Å². The Kier molecular flexibility index (Phi) is 14.8. The van der Waals surface area contributed by atoms with Crippen LogP contribution in [0.4, 0.5) is 40.5 Å². The number of aromatic nitrogens is 6. The normalized spacial score (nSPS) is 18.3. The van der Waals surface area contributed by atoms with Crippen molar-refractivity contribution in [1.82, 2.24) is 39.7 Å². The molecule has 0 saturated carbocycles. The van der Waals surface area contributed by atoms with Crippen LogP contribution in [0.3, 0.4) is 0 Å². The summed E-state index contributed by atoms with van der Waals surface area (Å²) in [5.41, 5.74) is 6.38. The van der Waals surface area contributed by atoms with Gasteiger partial charge in [0, 0.05) is 76.1 Å². The van der Waals surface area contributed by atoms with Crippen molar-refractivity contribution in [2.24, 2.45) is 5.41 Å². The summed E-state index contributed by atoms with van der Waals surface area (Å²) in [7, 11) is 0. The predicted octanol–water partition coefficient (Wildman–Crippen LogP) is 9.28. The number of nitrogens with zero attached hydrogens (tertiary/aromatic N) is 11. The molecule has 16 nitrogen and oxygen atoms in total. The molecule has 4 aromatic heterocycles. The number of hydrogen-bond acceptors (Lipinski definition) is 13. The molecule has 5 fully saturated rings. The molecule has 1 atom stereocenters. The van der Waals surface area contributed by atoms with Crippen molar-refractivity contribution in [3.05, 3.63) is 114 Å². The Morgan fingerprint density at radius 1 is 0.671 bits per heavy atom. The Morgan fingerprint density at radius 3 is 1.99 bits per heavy atom. The van der Waals surface area contributed by atoms with Gasteiger partial charge in [-0.2, -0.15) is 4.98 Å². The first-order valence-corrected chi connectivity index (χ1v) is 24.8. The largest absolute Gasteiger partial charge is 0.354 e. The summed E-state index contributed by atoms with van der Waals surface area (Å²) in [6.07, 6.45) is 15.6. The molecule has 6 aromatic rings. The van der Waals surface area contributed by atoms with Gasteiger partial charge in [-0.05, 0) is 68.1 Å². The van der Waals surface area contributed by atoms with Gasteiger partial charge in [0.15, 0.2) is 5.82 Å². The van der Waals surface area contributed by atoms with E-state index in [4.69, 9.17) is 28.2 Å². The van der Waals surface area contributed by atoms with Gasteiger partial charge in [0.05, 0.1) is 70.6 Å². The SMILES string of the molecule is CC.CC(=O)N1CC2(CC(=O)N(c3cncc(Nc4ncc(Cl)c(-c5cccc(-c6ccccc6)c5)n4)c3)C2)C1.O=C1CCCN1c1cncc(Nc2ncc(Cl)c(N3CCC(N4CCCC4)C3)n2)c1. The van der Waals surface area contributed by atoms with Gasteiger partial charge >= 0.3 is 0 Å². The lowest BCUT2D eigenvalue weighted by Gasteiger charge is -2.47. The third-order valence-electron chi connectivity index (χ3n) is 13.3. The molecular formula is C52H57Cl2N13O3. The number of anilines is 7. The summed E-state index contributed by atoms with van der Waals surface area (Å²) in [5, 5.41) is 7.44. The number of benzene rings is 2. The molecule has 1 unspecified atom stereocenters. The predicted molar refractivity (Wildman–Crippen MR) is 276 cm³/mol. The lowest BCUT2D eigenvalue weighted by atomic mass is 9.79. The van der Waals surface area contributed by atoms with Crippen LogP contribution >= 0.6 is 23.2 Å². The quantitative estimate of drug-likeness (QED) is 0.133. The molecule has 11 rings (SSSR count). The van der Waals surface area contributed by atoms with Crippen LogP contribution in [-0.2, 0) is 14.4 Å². The third kappa shape index (κ3) is 10.8. The van der Waals surface area contributed by atoms with E-state index in [9.17, 15) is 14.4 Å². The van der Waals surface area contributed by atoms with Gasteiger partial charge in [-0.25, -0.2) is 15.0 Å². The minimum absolute atomic E-state index is 0.0375. The molecule has 5 aliphatic heterocycles. The number of likely N-dealkylation sites (tertiary alicyclic amines) is 2. The molecule has 70 heavy (non-hydrogen) atoms. The Morgan fingerprint density at radius 2 is 1.31 bits per heavy atom. The van der Waals surface area contributed by atoms with Gasteiger partial charge in [-0.1, -0.05) is 85.6 Å². The second-order valence-corrected chi connectivity index (χ2v) is 18.9. The minimum Gasteiger partial charge on any atom is -0.354 e. The highest BCUT2D eigenvalue weighted by molar-refractivity contribution is 6.33. The van der Waals surface area contributed by atoms with Crippen LogP contribution in [0.25, 0.3) is 22.4 Å². The summed E-state index contributed by atoms with van der Waals surface area (Å²) in [6, 6.07) is 22.5. The number of amides is 3. The maximum atomic E-state index is 12.8. The number of nitrogens with one attached hydrogen (secondary N) is 2. The van der Waals surface area contributed by atoms with Crippen LogP contribution in [0.1, 0.15) is 59.3 Å². The summed E-state index contributed by atoms with van der Waals surface area (Å²) < 4.78 is 0. The maximum Gasteiger partial charge on any atom is 0.229 e. The average molecular weight is 983 g/mol. The molecule has 9 heterocycles. The third-order valence-corrected chi connectivity index (χ3v) is 13.9. The topological polar surface area (TPSA) is 169 Å². The Bertz CT molecular complexity index is 2840. The first-order chi connectivity index (χ1) is 34.1. The van der Waals surface area contributed by atoms with Crippen molar-refractivity contribution in [3.8, 4) is 22.4 Å². The van der Waals surface area contributed by atoms with E-state index in [1.54, 1.807) is 58.8 Å². The van der Waals surface area contributed by atoms with Crippen LogP contribution in [0.5, 0.6) is 0 Å². The van der Waals surface area contributed by atoms with Crippen molar-refractivity contribution < 1.29 is 14.4 Å². The van der Waals surface area contributed by atoms with Gasteiger partial charge in [0.1, 0.15) is 5.02 Å². The van der Waals surface area contributed by atoms with Crippen molar-refractivity contribution in [2.45, 2.75) is 65.3 Å². The van der Waals surface area contributed by atoms with E-state index in [1.807, 2.05) is 56.3 Å². The standard InChI is InChI=1S/C29H25ClN6O2.C21H26ClN7O.C2H6/c1-19(37)35-16-29(17-35)12-26(38)36(18-29)24-11-23(13-31-14-24)33-28-32-15-25(30)27(34-28)22-9-5-8-21(10-22)20-6-3-2-4-7-20;22-18-13-24-21(25-15-10-17(12-23-11-15)29-8-3-4-19(29)30)26-20(18)28-9-5-16(14-28)27-6-1-2-7-27;1-2/h2-11,13-15H,12,16-18H2,1H3,(H,32,33,34);10-13,16H,1-9,14H2,(H,24,25,26);1-2H3. The molecule has 2 aromatic carbocycles. The van der Waals surface area contributed by atoms with Gasteiger partial charge < -0.3 is 30.2 Å². The van der Waals surface area contributed by atoms with E-state index in [0.717, 1.165) is 66.4 Å². The van der Waals surface area contributed by atoms with E-state index in [-0.39, 0.29) is 23.1 Å². The molecule has 1 spiro atoms. The van der Waals surface area contributed by atoms with Gasteiger partial charge in [-0.15, -0.1) is 0 Å². The number of carbonyl (C=O) groups is 3. The van der Waals surface area contributed by atoms with Crippen LogP contribution in [-0.4, -0.2) is 116 Å². The molecule has 2 N–H and O–H groups in total. The zero-order valence-corrected chi connectivity index (χ0v) is 41.2. The first-order valence-electron chi connectivity index (χ1n) is 24.1. The lowest BCUT2D eigenvalue weighted by molar-refractivity contribution is -0.140. The monoisotopic (exact) mass is 981 g/mol. The Hall–Kier alpha value is -6.75. The lowest BCUT2D eigenvalue weighted by Crippen LogP contribution is -2.59. The van der Waals surface area contributed by atoms with Crippen molar-refractivity contribution >= 4 is 81.4 Å². The van der Waals surface area contributed by atoms with Crippen LogP contribution in [0.2, 0.25) is 10.0 Å². The Balaban J connectivity index is 0.000000172.